The molecule has 2 aliphatic rings. The van der Waals surface area contributed by atoms with Gasteiger partial charge in [-0.3, -0.25) is 0 Å². The molecule has 0 unspecified atom stereocenters. The number of alkyl halides is 2. The average Bonchev–Trinajstić information content (AvgIpc) is 3.10. The second-order valence-electron chi connectivity index (χ2n) is 6.27. The van der Waals surface area contributed by atoms with Crippen molar-refractivity contribution < 1.29 is 18.3 Å². The van der Waals surface area contributed by atoms with E-state index in [9.17, 15) is 8.78 Å². The second-order valence-corrected chi connectivity index (χ2v) is 6.67. The first-order valence-corrected chi connectivity index (χ1v) is 8.57. The summed E-state index contributed by atoms with van der Waals surface area (Å²) in [5.74, 6) is 1.01. The molecule has 4 nitrogen and oxygen atoms in total. The highest BCUT2D eigenvalue weighted by Gasteiger charge is 2.41. The van der Waals surface area contributed by atoms with Crippen molar-refractivity contribution in [3.05, 3.63) is 70.7 Å². The molecule has 3 heterocycles. The average molecular weight is 375 g/mol. The van der Waals surface area contributed by atoms with Crippen LogP contribution < -0.4 is 0 Å². The molecule has 26 heavy (non-hydrogen) atoms. The van der Waals surface area contributed by atoms with Gasteiger partial charge < -0.3 is 14.0 Å². The normalized spacial score (nSPS) is 22.2. The summed E-state index contributed by atoms with van der Waals surface area (Å²) in [6, 6.07) is 13.1. The van der Waals surface area contributed by atoms with E-state index >= 15 is 0 Å². The van der Waals surface area contributed by atoms with Gasteiger partial charge in [0.25, 0.3) is 0 Å². The molecule has 0 aliphatic carbocycles. The van der Waals surface area contributed by atoms with Crippen LogP contribution in [0.25, 0.3) is 16.8 Å². The van der Waals surface area contributed by atoms with E-state index in [1.54, 1.807) is 18.2 Å². The number of rotatable bonds is 2. The monoisotopic (exact) mass is 374 g/mol. The molecular weight excluding hydrogens is 362 g/mol. The van der Waals surface area contributed by atoms with Crippen LogP contribution >= 0.6 is 11.6 Å². The Balaban J connectivity index is 1.75. The molecule has 132 valence electrons. The van der Waals surface area contributed by atoms with Gasteiger partial charge in [-0.15, -0.1) is 0 Å². The van der Waals surface area contributed by atoms with E-state index in [0.717, 1.165) is 28.7 Å². The van der Waals surface area contributed by atoms with Gasteiger partial charge in [0, 0.05) is 22.6 Å². The summed E-state index contributed by atoms with van der Waals surface area (Å²) < 4.78 is 37.7. The molecule has 0 radical (unpaired) electrons. The quantitative estimate of drug-likeness (QED) is 0.572. The molecule has 2 aromatic carbocycles. The molecule has 7 heteroatoms. The highest BCUT2D eigenvalue weighted by Crippen LogP contribution is 2.51. The van der Waals surface area contributed by atoms with Crippen molar-refractivity contribution in [2.24, 2.45) is 0 Å². The lowest BCUT2D eigenvalue weighted by Gasteiger charge is -2.20. The van der Waals surface area contributed by atoms with Crippen LogP contribution in [-0.2, 0) is 9.47 Å². The minimum atomic E-state index is -2.92. The molecule has 0 spiro atoms. The molecule has 0 amide bonds. The third-order valence-corrected chi connectivity index (χ3v) is 5.19. The number of para-hydroxylation sites is 2. The molecule has 0 saturated carbocycles. The van der Waals surface area contributed by atoms with E-state index in [1.807, 2.05) is 24.3 Å². The third-order valence-electron chi connectivity index (χ3n) is 4.86. The topological polar surface area (TPSA) is 36.3 Å². The molecule has 0 N–H and O–H groups in total. The van der Waals surface area contributed by atoms with Crippen LogP contribution in [0.3, 0.4) is 0 Å². The van der Waals surface area contributed by atoms with Gasteiger partial charge in [0.2, 0.25) is 0 Å². The molecule has 5 rings (SSSR count). The lowest BCUT2D eigenvalue weighted by Crippen LogP contribution is -2.10. The molecule has 0 saturated heterocycles. The Bertz CT molecular complexity index is 1050. The fourth-order valence-corrected chi connectivity index (χ4v) is 4.19. The van der Waals surface area contributed by atoms with E-state index in [2.05, 4.69) is 14.3 Å². The van der Waals surface area contributed by atoms with Gasteiger partial charge in [-0.25, -0.2) is 4.98 Å². The van der Waals surface area contributed by atoms with Crippen molar-refractivity contribution in [2.45, 2.75) is 25.2 Å². The maximum Gasteiger partial charge on any atom is 0.387 e. The van der Waals surface area contributed by atoms with Crippen LogP contribution in [0.5, 0.6) is 0 Å². The number of hydrogen-bond donors (Lipinski definition) is 0. The number of halogens is 3. The van der Waals surface area contributed by atoms with Gasteiger partial charge in [-0.1, -0.05) is 35.9 Å². The zero-order chi connectivity index (χ0) is 17.8. The Hall–Kier alpha value is -2.60. The number of nitrogens with zero attached hydrogens (tertiary/aromatic N) is 2. The van der Waals surface area contributed by atoms with Crippen molar-refractivity contribution >= 4 is 28.4 Å². The van der Waals surface area contributed by atoms with E-state index in [-0.39, 0.29) is 17.9 Å². The summed E-state index contributed by atoms with van der Waals surface area (Å²) in [6.07, 6.45) is 1.24. The highest BCUT2D eigenvalue weighted by atomic mass is 35.5. The maximum atomic E-state index is 12.5. The molecule has 3 aromatic rings. The predicted molar refractivity (Wildman–Crippen MR) is 92.8 cm³/mol. The van der Waals surface area contributed by atoms with Gasteiger partial charge in [-0.05, 0) is 18.2 Å². The van der Waals surface area contributed by atoms with Crippen LogP contribution in [0.4, 0.5) is 8.78 Å². The van der Waals surface area contributed by atoms with Crippen molar-refractivity contribution in [1.29, 1.82) is 0 Å². The Morgan fingerprint density at radius 2 is 2.08 bits per heavy atom. The summed E-state index contributed by atoms with van der Waals surface area (Å²) in [4.78, 5) is 4.69. The summed E-state index contributed by atoms with van der Waals surface area (Å²) in [5, 5.41) is 0.560. The molecule has 2 bridgehead atoms. The fourth-order valence-electron chi connectivity index (χ4n) is 3.89. The van der Waals surface area contributed by atoms with Gasteiger partial charge in [0.05, 0.1) is 17.1 Å². The number of ether oxygens (including phenoxy) is 2. The van der Waals surface area contributed by atoms with Gasteiger partial charge in [-0.2, -0.15) is 8.78 Å². The lowest BCUT2D eigenvalue weighted by molar-refractivity contribution is -0.0843. The Morgan fingerprint density at radius 1 is 1.23 bits per heavy atom. The molecule has 0 fully saturated rings. The van der Waals surface area contributed by atoms with Gasteiger partial charge in [0.1, 0.15) is 6.26 Å². The van der Waals surface area contributed by atoms with E-state index < -0.39 is 6.61 Å². The molecule has 2 atom stereocenters. The predicted octanol–water partition coefficient (Wildman–Crippen LogP) is 5.29. The van der Waals surface area contributed by atoms with Crippen LogP contribution in [0.2, 0.25) is 5.02 Å². The second kappa shape index (κ2) is 5.71. The SMILES string of the molecule is FC(F)OC=C1O[C@@H]2C[C@H](c3c(Cl)cccc31)n1c2nc2ccccc21. The highest BCUT2D eigenvalue weighted by molar-refractivity contribution is 6.31. The Labute approximate surface area is 152 Å². The summed E-state index contributed by atoms with van der Waals surface area (Å²) in [6.45, 7) is -2.92. The summed E-state index contributed by atoms with van der Waals surface area (Å²) in [7, 11) is 0. The molecule has 1 aromatic heterocycles. The standard InChI is InChI=1S/C19H13ClF2N2O2/c20-11-5-3-4-10-16(9-25-19(21)22)26-15-8-14(17(10)11)24-13-7-2-1-6-12(13)23-18(15)24/h1-7,9,14-15,19H,8H2/t14-,15-/m1/s1. The van der Waals surface area contributed by atoms with Crippen LogP contribution in [0, 0.1) is 0 Å². The third kappa shape index (κ3) is 2.22. The smallest absolute Gasteiger partial charge is 0.387 e. The first-order valence-electron chi connectivity index (χ1n) is 8.19. The van der Waals surface area contributed by atoms with Crippen LogP contribution in [-0.4, -0.2) is 16.2 Å². The van der Waals surface area contributed by atoms with Crippen molar-refractivity contribution in [3.8, 4) is 0 Å². The van der Waals surface area contributed by atoms with E-state index in [4.69, 9.17) is 16.3 Å². The Kier molecular flexibility index (Phi) is 3.43. The van der Waals surface area contributed by atoms with Crippen molar-refractivity contribution in [2.75, 3.05) is 0 Å². The minimum absolute atomic E-state index is 0.0800. The largest absolute Gasteiger partial charge is 0.479 e. The first kappa shape index (κ1) is 15.6. The number of hydrogen-bond acceptors (Lipinski definition) is 3. The summed E-state index contributed by atoms with van der Waals surface area (Å²) in [5.41, 5.74) is 3.36. The van der Waals surface area contributed by atoms with Gasteiger partial charge in [0.15, 0.2) is 17.7 Å². The van der Waals surface area contributed by atoms with Crippen LogP contribution in [0.1, 0.15) is 35.5 Å². The van der Waals surface area contributed by atoms with E-state index in [0.29, 0.717) is 17.0 Å². The Morgan fingerprint density at radius 3 is 2.92 bits per heavy atom. The van der Waals surface area contributed by atoms with E-state index in [1.165, 1.54) is 0 Å². The number of aromatic nitrogens is 2. The lowest BCUT2D eigenvalue weighted by atomic mass is 9.98. The van der Waals surface area contributed by atoms with Gasteiger partial charge >= 0.3 is 6.61 Å². The van der Waals surface area contributed by atoms with Crippen molar-refractivity contribution in [1.82, 2.24) is 9.55 Å². The number of imidazole rings is 1. The zero-order valence-corrected chi connectivity index (χ0v) is 14.2. The molecular formula is C19H13ClF2N2O2. The molecule has 2 aliphatic heterocycles. The van der Waals surface area contributed by atoms with Crippen molar-refractivity contribution in [3.63, 3.8) is 0 Å². The van der Waals surface area contributed by atoms with Crippen LogP contribution in [0.15, 0.2) is 48.7 Å². The zero-order valence-electron chi connectivity index (χ0n) is 13.4. The minimum Gasteiger partial charge on any atom is -0.479 e. The number of benzene rings is 2. The summed E-state index contributed by atoms with van der Waals surface area (Å²) >= 11 is 6.51. The number of fused-ring (bicyclic) bond motifs is 9. The maximum absolute atomic E-state index is 12.5. The first-order chi connectivity index (χ1) is 12.6. The fraction of sp³-hybridized carbons (Fsp3) is 0.211.